The molecule has 3 N–H and O–H groups in total. The molecule has 1 atom stereocenters. The van der Waals surface area contributed by atoms with Crippen LogP contribution in [0.1, 0.15) is 12.6 Å². The van der Waals surface area contributed by atoms with Crippen molar-refractivity contribution in [2.75, 3.05) is 12.0 Å². The highest BCUT2D eigenvalue weighted by Gasteiger charge is 2.19. The first-order valence-electron chi connectivity index (χ1n) is 5.27. The lowest BCUT2D eigenvalue weighted by Gasteiger charge is -2.11. The van der Waals surface area contributed by atoms with Gasteiger partial charge in [-0.2, -0.15) is 11.8 Å². The Balaban J connectivity index is 2.89. The zero-order chi connectivity index (χ0) is 13.1. The molecule has 0 aromatic carbocycles. The van der Waals surface area contributed by atoms with Crippen molar-refractivity contribution < 1.29 is 8.42 Å². The van der Waals surface area contributed by atoms with Crippen molar-refractivity contribution in [3.05, 3.63) is 18.0 Å². The van der Waals surface area contributed by atoms with E-state index in [-0.39, 0.29) is 10.9 Å². The molecule has 0 fully saturated rings. The van der Waals surface area contributed by atoms with Crippen LogP contribution in [0.15, 0.2) is 17.2 Å². The maximum Gasteiger partial charge on any atom is 0.242 e. The number of hydrogen-bond acceptors (Lipinski definition) is 4. The van der Waals surface area contributed by atoms with E-state index < -0.39 is 10.0 Å². The molecule has 0 saturated carbocycles. The zero-order valence-electron chi connectivity index (χ0n) is 10.3. The summed E-state index contributed by atoms with van der Waals surface area (Å²) in [6, 6.07) is 1.52. The summed E-state index contributed by atoms with van der Waals surface area (Å²) in [5.41, 5.74) is 6.31. The molecule has 98 valence electrons. The molecule has 1 aromatic rings. The van der Waals surface area contributed by atoms with Crippen LogP contribution in [0.25, 0.3) is 0 Å². The number of nitrogens with zero attached hydrogens (tertiary/aromatic N) is 1. The Bertz CT molecular complexity index is 468. The monoisotopic (exact) mass is 277 g/mol. The van der Waals surface area contributed by atoms with Gasteiger partial charge in [0.1, 0.15) is 0 Å². The highest BCUT2D eigenvalue weighted by Crippen LogP contribution is 2.13. The zero-order valence-corrected chi connectivity index (χ0v) is 11.9. The third-order valence-electron chi connectivity index (χ3n) is 2.38. The van der Waals surface area contributed by atoms with Crippen LogP contribution in [0.4, 0.5) is 0 Å². The molecule has 0 bridgehead atoms. The number of aryl methyl sites for hydroxylation is 1. The Labute approximate surface area is 107 Å². The lowest BCUT2D eigenvalue weighted by Crippen LogP contribution is -2.34. The summed E-state index contributed by atoms with van der Waals surface area (Å²) in [5, 5.41) is 0. The van der Waals surface area contributed by atoms with Gasteiger partial charge in [0.05, 0.1) is 4.90 Å². The molecule has 0 amide bonds. The van der Waals surface area contributed by atoms with Gasteiger partial charge in [-0.25, -0.2) is 13.1 Å². The number of nitrogens with two attached hydrogens (primary N) is 1. The summed E-state index contributed by atoms with van der Waals surface area (Å²) >= 11 is 1.61. The molecule has 7 heteroatoms. The smallest absolute Gasteiger partial charge is 0.242 e. The molecule has 0 aliphatic rings. The van der Waals surface area contributed by atoms with Gasteiger partial charge >= 0.3 is 0 Å². The van der Waals surface area contributed by atoms with E-state index in [1.807, 2.05) is 13.2 Å². The Kier molecular flexibility index (Phi) is 5.05. The lowest BCUT2D eigenvalue weighted by molar-refractivity contribution is 0.571. The molecule has 0 radical (unpaired) electrons. The Morgan fingerprint density at radius 2 is 2.24 bits per heavy atom. The van der Waals surface area contributed by atoms with Gasteiger partial charge in [-0.15, -0.1) is 0 Å². The highest BCUT2D eigenvalue weighted by atomic mass is 32.2. The molecule has 1 unspecified atom stereocenters. The van der Waals surface area contributed by atoms with E-state index in [9.17, 15) is 8.42 Å². The quantitative estimate of drug-likeness (QED) is 0.794. The van der Waals surface area contributed by atoms with E-state index in [2.05, 4.69) is 4.72 Å². The first kappa shape index (κ1) is 14.6. The first-order chi connectivity index (χ1) is 7.90. The summed E-state index contributed by atoms with van der Waals surface area (Å²) in [6.07, 6.45) is 3.52. The van der Waals surface area contributed by atoms with Gasteiger partial charge in [-0.3, -0.25) is 0 Å². The Morgan fingerprint density at radius 3 is 2.71 bits per heavy atom. The molecule has 1 rings (SSSR count). The van der Waals surface area contributed by atoms with Crippen LogP contribution in [0, 0.1) is 0 Å². The van der Waals surface area contributed by atoms with E-state index in [4.69, 9.17) is 5.73 Å². The molecule has 0 aliphatic carbocycles. The largest absolute Gasteiger partial charge is 0.352 e. The van der Waals surface area contributed by atoms with Crippen molar-refractivity contribution in [1.82, 2.24) is 9.29 Å². The minimum atomic E-state index is -3.43. The number of sulfonamides is 1. The van der Waals surface area contributed by atoms with Gasteiger partial charge in [0.15, 0.2) is 0 Å². The topological polar surface area (TPSA) is 77.1 Å². The van der Waals surface area contributed by atoms with Gasteiger partial charge in [0, 0.05) is 37.3 Å². The van der Waals surface area contributed by atoms with Gasteiger partial charge in [0.2, 0.25) is 10.0 Å². The molecular formula is C10H19N3O2S2. The summed E-state index contributed by atoms with van der Waals surface area (Å²) in [5.74, 6) is 0.746. The summed E-state index contributed by atoms with van der Waals surface area (Å²) in [7, 11) is -1.65. The van der Waals surface area contributed by atoms with E-state index in [1.54, 1.807) is 35.6 Å². The van der Waals surface area contributed by atoms with Crippen LogP contribution >= 0.6 is 11.8 Å². The van der Waals surface area contributed by atoms with Crippen molar-refractivity contribution >= 4 is 21.8 Å². The average Bonchev–Trinajstić information content (AvgIpc) is 2.59. The van der Waals surface area contributed by atoms with E-state index in [0.717, 1.165) is 11.4 Å². The van der Waals surface area contributed by atoms with Gasteiger partial charge in [-0.05, 0) is 19.2 Å². The maximum absolute atomic E-state index is 12.0. The third kappa shape index (κ3) is 3.74. The van der Waals surface area contributed by atoms with Crippen LogP contribution in [0.2, 0.25) is 0 Å². The second-order valence-electron chi connectivity index (χ2n) is 3.96. The predicted molar refractivity (Wildman–Crippen MR) is 71.5 cm³/mol. The molecule has 1 heterocycles. The number of nitrogens with one attached hydrogen (secondary N) is 1. The molecule has 0 spiro atoms. The van der Waals surface area contributed by atoms with E-state index in [1.165, 1.54) is 0 Å². The van der Waals surface area contributed by atoms with Crippen molar-refractivity contribution in [3.63, 3.8) is 0 Å². The van der Waals surface area contributed by atoms with Crippen LogP contribution in [0.5, 0.6) is 0 Å². The van der Waals surface area contributed by atoms with Gasteiger partial charge < -0.3 is 10.3 Å². The molecule has 5 nitrogen and oxygen atoms in total. The Morgan fingerprint density at radius 1 is 1.59 bits per heavy atom. The minimum Gasteiger partial charge on any atom is -0.352 e. The maximum atomic E-state index is 12.0. The van der Waals surface area contributed by atoms with E-state index >= 15 is 0 Å². The van der Waals surface area contributed by atoms with Crippen molar-refractivity contribution in [2.45, 2.75) is 24.4 Å². The molecular weight excluding hydrogens is 258 g/mol. The van der Waals surface area contributed by atoms with Crippen LogP contribution < -0.4 is 10.5 Å². The Hall–Kier alpha value is -0.500. The second-order valence-corrected chi connectivity index (χ2v) is 6.58. The number of aromatic nitrogens is 1. The van der Waals surface area contributed by atoms with Gasteiger partial charge in [-0.1, -0.05) is 0 Å². The third-order valence-corrected chi connectivity index (χ3v) is 4.77. The predicted octanol–water partition coefficient (Wildman–Crippen LogP) is 0.514. The fourth-order valence-electron chi connectivity index (χ4n) is 1.54. The minimum absolute atomic E-state index is 0.0865. The number of thioether (sulfide) groups is 1. The number of hydrogen-bond donors (Lipinski definition) is 2. The fourth-order valence-corrected chi connectivity index (χ4v) is 3.57. The highest BCUT2D eigenvalue weighted by molar-refractivity contribution is 7.98. The van der Waals surface area contributed by atoms with Crippen molar-refractivity contribution in [2.24, 2.45) is 12.8 Å². The first-order valence-corrected chi connectivity index (χ1v) is 8.15. The molecule has 0 aliphatic heterocycles. The molecule has 1 aromatic heterocycles. The van der Waals surface area contributed by atoms with Crippen molar-refractivity contribution in [1.29, 1.82) is 0 Å². The van der Waals surface area contributed by atoms with Crippen LogP contribution in [-0.4, -0.2) is 31.0 Å². The average molecular weight is 277 g/mol. The molecule has 17 heavy (non-hydrogen) atoms. The lowest BCUT2D eigenvalue weighted by atomic mass is 10.4. The summed E-state index contributed by atoms with van der Waals surface area (Å²) in [4.78, 5) is 0.272. The standard InChI is InChI=1S/C10H19N3O2S2/c1-8(7-16-3)12-17(14,15)10-4-9(5-11)13(2)6-10/h4,6,8,12H,5,7,11H2,1-3H3. The van der Waals surface area contributed by atoms with Crippen LogP contribution in [-0.2, 0) is 23.6 Å². The van der Waals surface area contributed by atoms with Gasteiger partial charge in [0.25, 0.3) is 0 Å². The second kappa shape index (κ2) is 5.90. The molecule has 0 saturated heterocycles. The van der Waals surface area contributed by atoms with Crippen molar-refractivity contribution in [3.8, 4) is 0 Å². The normalized spacial score (nSPS) is 13.9. The number of rotatable bonds is 6. The van der Waals surface area contributed by atoms with E-state index in [0.29, 0.717) is 6.54 Å². The summed E-state index contributed by atoms with van der Waals surface area (Å²) in [6.45, 7) is 2.17. The summed E-state index contributed by atoms with van der Waals surface area (Å²) < 4.78 is 28.4. The van der Waals surface area contributed by atoms with Crippen LogP contribution in [0.3, 0.4) is 0 Å². The SMILES string of the molecule is CSCC(C)NS(=O)(=O)c1cc(CN)n(C)c1. The fraction of sp³-hybridized carbons (Fsp3) is 0.600.